The van der Waals surface area contributed by atoms with Gasteiger partial charge >= 0.3 is 11.9 Å². The van der Waals surface area contributed by atoms with Gasteiger partial charge in [-0.25, -0.2) is 4.79 Å². The molecule has 5 N–H and O–H groups in total. The Bertz CT molecular complexity index is 1320. The maximum atomic E-state index is 12.9. The number of carboxylic acids is 2. The van der Waals surface area contributed by atoms with Crippen molar-refractivity contribution in [2.45, 2.75) is 168 Å². The summed E-state index contributed by atoms with van der Waals surface area (Å²) in [6.07, 6.45) is 20.1. The maximum absolute atomic E-state index is 12.9. The monoisotopic (exact) mass is 913 g/mol. The van der Waals surface area contributed by atoms with Gasteiger partial charge in [-0.3, -0.25) is 28.8 Å². The van der Waals surface area contributed by atoms with Crippen LogP contribution in [0.3, 0.4) is 0 Å². The van der Waals surface area contributed by atoms with Gasteiger partial charge in [0.05, 0.1) is 39.6 Å². The van der Waals surface area contributed by atoms with Crippen LogP contribution in [-0.2, 0) is 52.5 Å². The number of carboxylic acid groups (broad SMARTS) is 2. The molecular formula is C47H84N4O13. The van der Waals surface area contributed by atoms with E-state index in [1.165, 1.54) is 64.2 Å². The van der Waals surface area contributed by atoms with Crippen LogP contribution in [0.1, 0.15) is 162 Å². The van der Waals surface area contributed by atoms with Crippen LogP contribution in [0.4, 0.5) is 0 Å². The second kappa shape index (κ2) is 37.5. The summed E-state index contributed by atoms with van der Waals surface area (Å²) in [4.78, 5) is 85.9. The van der Waals surface area contributed by atoms with Crippen molar-refractivity contribution in [2.24, 2.45) is 11.3 Å². The minimum atomic E-state index is -1.21. The quantitative estimate of drug-likeness (QED) is 0.0471. The predicted molar refractivity (Wildman–Crippen MR) is 243 cm³/mol. The van der Waals surface area contributed by atoms with Crippen LogP contribution in [0, 0.1) is 11.3 Å². The van der Waals surface area contributed by atoms with E-state index in [9.17, 15) is 38.7 Å². The highest BCUT2D eigenvalue weighted by Crippen LogP contribution is 2.20. The zero-order chi connectivity index (χ0) is 47.3. The molecular weight excluding hydrogens is 829 g/mol. The lowest BCUT2D eigenvalue weighted by molar-refractivity contribution is -0.143. The van der Waals surface area contributed by atoms with Crippen molar-refractivity contribution >= 4 is 41.4 Å². The van der Waals surface area contributed by atoms with Gasteiger partial charge in [0, 0.05) is 56.8 Å². The second-order valence-electron chi connectivity index (χ2n) is 17.8. The van der Waals surface area contributed by atoms with Crippen LogP contribution in [0.2, 0.25) is 0 Å². The Kier molecular flexibility index (Phi) is 34.2. The SMILES string of the molecule is CC(C)(C)C(=O)COCCOCCNC(=O)COCCOCCNC(=O)CCC(NC(=O)C1CCN(C(=O)CCCCCCCCCCCCCCCCCCC(=O)O)CC1)C(=O)O. The van der Waals surface area contributed by atoms with E-state index < -0.39 is 29.3 Å². The molecule has 0 aromatic rings. The number of nitrogens with zero attached hydrogens (tertiary/aromatic N) is 1. The lowest BCUT2D eigenvalue weighted by atomic mass is 9.91. The zero-order valence-electron chi connectivity index (χ0n) is 39.5. The molecule has 0 aliphatic carbocycles. The molecule has 1 heterocycles. The highest BCUT2D eigenvalue weighted by Gasteiger charge is 2.30. The first-order chi connectivity index (χ1) is 30.7. The Labute approximate surface area is 382 Å². The maximum Gasteiger partial charge on any atom is 0.326 e. The zero-order valence-corrected chi connectivity index (χ0v) is 39.5. The molecule has 0 aromatic heterocycles. The van der Waals surface area contributed by atoms with Crippen LogP contribution in [-0.4, -0.2) is 142 Å². The number of Topliss-reactive ketones (excluding diaryl/α,β-unsaturated/α-hetero) is 1. The van der Waals surface area contributed by atoms with E-state index in [1.807, 2.05) is 25.7 Å². The third-order valence-corrected chi connectivity index (χ3v) is 11.2. The molecule has 1 saturated heterocycles. The standard InChI is InChI=1S/C47H84N4O13/c1-47(2,3)40(52)36-63-34-32-62-31-27-49-42(54)37-64-35-33-61-30-26-48-41(53)23-22-39(46(59)60)50-45(58)38-24-28-51(29-25-38)43(55)20-18-16-14-12-10-8-6-4-5-7-9-11-13-15-17-19-21-44(56)57/h38-39H,4-37H2,1-3H3,(H,48,53)(H,49,54)(H,50,58)(H,56,57)(H,59,60). The Hall–Kier alpha value is -3.67. The molecule has 1 unspecified atom stereocenters. The van der Waals surface area contributed by atoms with Crippen molar-refractivity contribution in [2.75, 3.05) is 79.0 Å². The third kappa shape index (κ3) is 32.9. The lowest BCUT2D eigenvalue weighted by Crippen LogP contribution is -2.47. The molecule has 1 rings (SSSR count). The summed E-state index contributed by atoms with van der Waals surface area (Å²) < 4.78 is 21.4. The van der Waals surface area contributed by atoms with Crippen LogP contribution < -0.4 is 16.0 Å². The summed E-state index contributed by atoms with van der Waals surface area (Å²) in [6, 6.07) is -1.21. The number of rotatable bonds is 41. The number of aliphatic carboxylic acids is 2. The number of amides is 4. The molecule has 0 bridgehead atoms. The molecule has 1 atom stereocenters. The summed E-state index contributed by atoms with van der Waals surface area (Å²) in [5.74, 6) is -3.23. The largest absolute Gasteiger partial charge is 0.481 e. The first kappa shape index (κ1) is 58.3. The van der Waals surface area contributed by atoms with Crippen molar-refractivity contribution in [3.63, 3.8) is 0 Å². The molecule has 0 spiro atoms. The van der Waals surface area contributed by atoms with E-state index in [0.29, 0.717) is 52.1 Å². The van der Waals surface area contributed by atoms with Gasteiger partial charge in [0.15, 0.2) is 5.78 Å². The molecule has 0 radical (unpaired) electrons. The van der Waals surface area contributed by atoms with Crippen molar-refractivity contribution in [3.05, 3.63) is 0 Å². The summed E-state index contributed by atoms with van der Waals surface area (Å²) in [5, 5.41) is 26.3. The van der Waals surface area contributed by atoms with Crippen LogP contribution >= 0.6 is 0 Å². The van der Waals surface area contributed by atoms with Gasteiger partial charge in [-0.15, -0.1) is 0 Å². The van der Waals surface area contributed by atoms with Crippen LogP contribution in [0.15, 0.2) is 0 Å². The summed E-state index contributed by atoms with van der Waals surface area (Å²) >= 11 is 0. The molecule has 0 aromatic carbocycles. The number of hydrogen-bond acceptors (Lipinski definition) is 11. The Balaban J connectivity index is 2.02. The molecule has 370 valence electrons. The van der Waals surface area contributed by atoms with Crippen molar-refractivity contribution in [1.82, 2.24) is 20.9 Å². The first-order valence-electron chi connectivity index (χ1n) is 24.1. The van der Waals surface area contributed by atoms with E-state index in [-0.39, 0.29) is 94.9 Å². The second-order valence-corrected chi connectivity index (χ2v) is 17.8. The van der Waals surface area contributed by atoms with E-state index in [2.05, 4.69) is 16.0 Å². The van der Waals surface area contributed by atoms with Gasteiger partial charge in [-0.05, 0) is 32.1 Å². The normalized spacial score (nSPS) is 13.6. The number of carbonyl (C=O) groups excluding carboxylic acids is 5. The van der Waals surface area contributed by atoms with Crippen LogP contribution in [0.25, 0.3) is 0 Å². The van der Waals surface area contributed by atoms with Gasteiger partial charge in [-0.1, -0.05) is 111 Å². The number of likely N-dealkylation sites (tertiary alicyclic amines) is 1. The topological polar surface area (TPSA) is 236 Å². The molecule has 17 nitrogen and oxygen atoms in total. The number of ether oxygens (including phenoxy) is 4. The van der Waals surface area contributed by atoms with E-state index in [4.69, 9.17) is 24.1 Å². The number of carbonyl (C=O) groups is 7. The molecule has 17 heteroatoms. The molecule has 4 amide bonds. The predicted octanol–water partition coefficient (Wildman–Crippen LogP) is 5.60. The minimum absolute atomic E-state index is 0.0176. The fourth-order valence-corrected chi connectivity index (χ4v) is 7.05. The first-order valence-corrected chi connectivity index (χ1v) is 24.1. The smallest absolute Gasteiger partial charge is 0.326 e. The highest BCUT2D eigenvalue weighted by molar-refractivity contribution is 5.86. The Morgan fingerprint density at radius 3 is 1.47 bits per heavy atom. The third-order valence-electron chi connectivity index (χ3n) is 11.2. The fourth-order valence-electron chi connectivity index (χ4n) is 7.05. The van der Waals surface area contributed by atoms with Gasteiger partial charge in [0.1, 0.15) is 19.3 Å². The van der Waals surface area contributed by atoms with E-state index in [0.717, 1.165) is 38.5 Å². The van der Waals surface area contributed by atoms with Crippen molar-refractivity contribution in [3.8, 4) is 0 Å². The molecule has 1 aliphatic heterocycles. The molecule has 64 heavy (non-hydrogen) atoms. The van der Waals surface area contributed by atoms with Crippen molar-refractivity contribution in [1.29, 1.82) is 0 Å². The fraction of sp³-hybridized carbons (Fsp3) is 0.851. The average molecular weight is 913 g/mol. The molecule has 1 fully saturated rings. The number of hydrogen-bond donors (Lipinski definition) is 5. The molecule has 0 saturated carbocycles. The minimum Gasteiger partial charge on any atom is -0.481 e. The van der Waals surface area contributed by atoms with Crippen molar-refractivity contribution < 1.29 is 62.7 Å². The van der Waals surface area contributed by atoms with E-state index in [1.54, 1.807) is 0 Å². The van der Waals surface area contributed by atoms with E-state index >= 15 is 0 Å². The Morgan fingerprint density at radius 2 is 1.00 bits per heavy atom. The van der Waals surface area contributed by atoms with Gasteiger partial charge < -0.3 is 50.0 Å². The van der Waals surface area contributed by atoms with Gasteiger partial charge in [-0.2, -0.15) is 0 Å². The lowest BCUT2D eigenvalue weighted by Gasteiger charge is -2.32. The Morgan fingerprint density at radius 1 is 0.562 bits per heavy atom. The summed E-state index contributed by atoms with van der Waals surface area (Å²) in [5.41, 5.74) is -0.441. The van der Waals surface area contributed by atoms with Crippen LogP contribution in [0.5, 0.6) is 0 Å². The summed E-state index contributed by atoms with van der Waals surface area (Å²) in [6.45, 7) is 8.28. The van der Waals surface area contributed by atoms with Gasteiger partial charge in [0.2, 0.25) is 23.6 Å². The number of piperidine rings is 1. The molecule has 1 aliphatic rings. The number of ketones is 1. The summed E-state index contributed by atoms with van der Waals surface area (Å²) in [7, 11) is 0. The van der Waals surface area contributed by atoms with Gasteiger partial charge in [0.25, 0.3) is 0 Å². The number of unbranched alkanes of at least 4 members (excludes halogenated alkanes) is 15. The number of nitrogens with one attached hydrogen (secondary N) is 3. The highest BCUT2D eigenvalue weighted by atomic mass is 16.5. The average Bonchev–Trinajstić information content (AvgIpc) is 3.25.